The molecule has 1 aliphatic rings. The Bertz CT molecular complexity index is 951. The van der Waals surface area contributed by atoms with Gasteiger partial charge in [0.1, 0.15) is 0 Å². The third-order valence-corrected chi connectivity index (χ3v) is 6.47. The molecule has 3 heterocycles. The summed E-state index contributed by atoms with van der Waals surface area (Å²) in [5, 5.41) is 25.2. The third-order valence-electron chi connectivity index (χ3n) is 5.16. The van der Waals surface area contributed by atoms with E-state index in [9.17, 15) is 10.2 Å². The molecule has 2 aromatic heterocycles. The minimum Gasteiger partial charge on any atom is -0.492 e. The van der Waals surface area contributed by atoms with E-state index in [4.69, 9.17) is 11.6 Å². The molecule has 1 aromatic carbocycles. The number of halogens is 1. The SMILES string of the molecule is CCc1nc2sc([C@H](c3cccc(Cl)c3)N3CCN(CCO)CC3)c(O)n2n1. The fraction of sp³-hybridized carbons (Fsp3) is 0.474. The predicted octanol–water partition coefficient (Wildman–Crippen LogP) is 2.41. The molecule has 28 heavy (non-hydrogen) atoms. The summed E-state index contributed by atoms with van der Waals surface area (Å²) in [6.07, 6.45) is 0.730. The molecule has 1 aliphatic heterocycles. The lowest BCUT2D eigenvalue weighted by Gasteiger charge is -2.39. The van der Waals surface area contributed by atoms with Crippen LogP contribution in [0, 0.1) is 0 Å². The third kappa shape index (κ3) is 3.75. The zero-order chi connectivity index (χ0) is 19.7. The number of piperazine rings is 1. The van der Waals surface area contributed by atoms with E-state index in [1.165, 1.54) is 11.3 Å². The summed E-state index contributed by atoms with van der Waals surface area (Å²) in [5.41, 5.74) is 1.04. The standard InChI is InChI=1S/C19H24ClN5O2S/c1-2-15-21-19-25(22-15)18(27)17(28-19)16(13-4-3-5-14(20)12-13)24-8-6-23(7-9-24)10-11-26/h3-5,12,16,26-27H,2,6-11H2,1H3/t16-/m0/s1. The van der Waals surface area contributed by atoms with Crippen molar-refractivity contribution < 1.29 is 10.2 Å². The number of aryl methyl sites for hydroxylation is 1. The first-order valence-corrected chi connectivity index (χ1v) is 10.7. The van der Waals surface area contributed by atoms with Crippen LogP contribution in [0.15, 0.2) is 24.3 Å². The lowest BCUT2D eigenvalue weighted by molar-refractivity contribution is 0.0945. The van der Waals surface area contributed by atoms with Crippen LogP contribution in [0.1, 0.15) is 29.2 Å². The molecule has 2 N–H and O–H groups in total. The van der Waals surface area contributed by atoms with Crippen LogP contribution < -0.4 is 0 Å². The number of aliphatic hydroxyl groups is 1. The zero-order valence-corrected chi connectivity index (χ0v) is 17.3. The van der Waals surface area contributed by atoms with E-state index in [1.54, 1.807) is 4.52 Å². The number of nitrogens with zero attached hydrogens (tertiary/aromatic N) is 5. The largest absolute Gasteiger partial charge is 0.492 e. The Morgan fingerprint density at radius 2 is 2.04 bits per heavy atom. The van der Waals surface area contributed by atoms with Crippen molar-refractivity contribution in [2.24, 2.45) is 0 Å². The number of β-amino-alcohol motifs (C(OH)–C–C–N with tert-alkyl or cyclic N) is 1. The monoisotopic (exact) mass is 421 g/mol. The Hall–Kier alpha value is -1.71. The summed E-state index contributed by atoms with van der Waals surface area (Å²) in [5.74, 6) is 0.875. The molecule has 0 amide bonds. The van der Waals surface area contributed by atoms with Gasteiger partial charge in [-0.25, -0.2) is 4.98 Å². The van der Waals surface area contributed by atoms with Gasteiger partial charge in [0.05, 0.1) is 17.5 Å². The minimum absolute atomic E-state index is 0.117. The number of fused-ring (bicyclic) bond motifs is 1. The average Bonchev–Trinajstić information content (AvgIpc) is 3.23. The van der Waals surface area contributed by atoms with E-state index < -0.39 is 0 Å². The second-order valence-corrected chi connectivity index (χ2v) is 8.37. The maximum Gasteiger partial charge on any atom is 0.230 e. The first kappa shape index (κ1) is 19.6. The van der Waals surface area contributed by atoms with Crippen molar-refractivity contribution in [1.29, 1.82) is 0 Å². The average molecular weight is 422 g/mol. The molecule has 4 rings (SSSR count). The number of aliphatic hydroxyl groups excluding tert-OH is 1. The van der Waals surface area contributed by atoms with E-state index in [0.717, 1.165) is 48.9 Å². The van der Waals surface area contributed by atoms with Crippen molar-refractivity contribution in [2.75, 3.05) is 39.3 Å². The predicted molar refractivity (Wildman–Crippen MR) is 110 cm³/mol. The van der Waals surface area contributed by atoms with E-state index in [0.29, 0.717) is 16.5 Å². The Balaban J connectivity index is 1.71. The molecule has 0 bridgehead atoms. The van der Waals surface area contributed by atoms with E-state index in [2.05, 4.69) is 19.9 Å². The normalized spacial score (nSPS) is 17.4. The van der Waals surface area contributed by atoms with Crippen LogP contribution in [0.3, 0.4) is 0 Å². The number of rotatable bonds is 6. The van der Waals surface area contributed by atoms with Crippen molar-refractivity contribution in [1.82, 2.24) is 24.4 Å². The Morgan fingerprint density at radius 3 is 2.68 bits per heavy atom. The number of benzene rings is 1. The van der Waals surface area contributed by atoms with Gasteiger partial charge in [0.15, 0.2) is 5.82 Å². The summed E-state index contributed by atoms with van der Waals surface area (Å²) in [6, 6.07) is 7.68. The molecular formula is C19H24ClN5O2S. The maximum atomic E-state index is 10.9. The molecule has 1 saturated heterocycles. The number of hydrogen-bond acceptors (Lipinski definition) is 7. The highest BCUT2D eigenvalue weighted by Crippen LogP contribution is 2.40. The van der Waals surface area contributed by atoms with Gasteiger partial charge >= 0.3 is 0 Å². The Kier molecular flexibility index (Phi) is 5.84. The molecule has 0 radical (unpaired) electrons. The Morgan fingerprint density at radius 1 is 1.25 bits per heavy atom. The number of thiazole rings is 1. The van der Waals surface area contributed by atoms with Crippen LogP contribution in [0.4, 0.5) is 0 Å². The van der Waals surface area contributed by atoms with Crippen molar-refractivity contribution in [3.63, 3.8) is 0 Å². The second-order valence-electron chi connectivity index (χ2n) is 6.92. The van der Waals surface area contributed by atoms with Gasteiger partial charge in [0.2, 0.25) is 10.8 Å². The van der Waals surface area contributed by atoms with E-state index >= 15 is 0 Å². The number of hydrogen-bond donors (Lipinski definition) is 2. The molecule has 1 fully saturated rings. The van der Waals surface area contributed by atoms with Gasteiger partial charge in [0.25, 0.3) is 0 Å². The molecule has 3 aromatic rings. The molecule has 7 nitrogen and oxygen atoms in total. The van der Waals surface area contributed by atoms with Gasteiger partial charge < -0.3 is 10.2 Å². The van der Waals surface area contributed by atoms with Crippen molar-refractivity contribution in [3.8, 4) is 5.88 Å². The van der Waals surface area contributed by atoms with Crippen molar-refractivity contribution in [2.45, 2.75) is 19.4 Å². The summed E-state index contributed by atoms with van der Waals surface area (Å²) in [4.78, 5) is 10.7. The second kappa shape index (κ2) is 8.34. The molecular weight excluding hydrogens is 398 g/mol. The van der Waals surface area contributed by atoms with Crippen LogP contribution in [0.5, 0.6) is 5.88 Å². The quantitative estimate of drug-likeness (QED) is 0.636. The van der Waals surface area contributed by atoms with Crippen LogP contribution in [-0.2, 0) is 6.42 Å². The molecule has 0 spiro atoms. The van der Waals surface area contributed by atoms with Crippen LogP contribution in [-0.4, -0.2) is 73.9 Å². The first-order valence-electron chi connectivity index (χ1n) is 9.50. The molecule has 150 valence electrons. The number of aromatic nitrogens is 3. The molecule has 0 saturated carbocycles. The van der Waals surface area contributed by atoms with Gasteiger partial charge in [-0.1, -0.05) is 42.0 Å². The van der Waals surface area contributed by atoms with Gasteiger partial charge in [-0.05, 0) is 17.7 Å². The lowest BCUT2D eigenvalue weighted by Crippen LogP contribution is -2.48. The summed E-state index contributed by atoms with van der Waals surface area (Å²) < 4.78 is 1.54. The minimum atomic E-state index is -0.117. The lowest BCUT2D eigenvalue weighted by atomic mass is 10.0. The van der Waals surface area contributed by atoms with Gasteiger partial charge in [0, 0.05) is 44.2 Å². The highest BCUT2D eigenvalue weighted by Gasteiger charge is 2.31. The van der Waals surface area contributed by atoms with E-state index in [1.807, 2.05) is 31.2 Å². The van der Waals surface area contributed by atoms with Crippen LogP contribution in [0.2, 0.25) is 5.02 Å². The van der Waals surface area contributed by atoms with Crippen molar-refractivity contribution >= 4 is 27.9 Å². The van der Waals surface area contributed by atoms with Crippen LogP contribution >= 0.6 is 22.9 Å². The molecule has 0 unspecified atom stereocenters. The topological polar surface area (TPSA) is 77.1 Å². The zero-order valence-electron chi connectivity index (χ0n) is 15.8. The first-order chi connectivity index (χ1) is 13.6. The molecule has 9 heteroatoms. The summed E-state index contributed by atoms with van der Waals surface area (Å²) >= 11 is 7.75. The maximum absolute atomic E-state index is 10.9. The highest BCUT2D eigenvalue weighted by molar-refractivity contribution is 7.17. The summed E-state index contributed by atoms with van der Waals surface area (Å²) in [6.45, 7) is 6.29. The fourth-order valence-corrected chi connectivity index (χ4v) is 5.04. The smallest absolute Gasteiger partial charge is 0.230 e. The van der Waals surface area contributed by atoms with E-state index in [-0.39, 0.29) is 18.5 Å². The van der Waals surface area contributed by atoms with Gasteiger partial charge in [-0.3, -0.25) is 9.80 Å². The van der Waals surface area contributed by atoms with Gasteiger partial charge in [-0.2, -0.15) is 4.52 Å². The fourth-order valence-electron chi connectivity index (χ4n) is 3.71. The van der Waals surface area contributed by atoms with Crippen LogP contribution in [0.25, 0.3) is 4.96 Å². The van der Waals surface area contributed by atoms with Gasteiger partial charge in [-0.15, -0.1) is 5.10 Å². The Labute approximate surface area is 172 Å². The molecule has 0 aliphatic carbocycles. The number of aromatic hydroxyl groups is 1. The molecule has 1 atom stereocenters. The summed E-state index contributed by atoms with van der Waals surface area (Å²) in [7, 11) is 0. The van der Waals surface area contributed by atoms with Crippen molar-refractivity contribution in [3.05, 3.63) is 45.6 Å². The highest BCUT2D eigenvalue weighted by atomic mass is 35.5.